The molecule has 1 aromatic rings. The molecule has 0 fully saturated rings. The van der Waals surface area contributed by atoms with E-state index in [1.165, 1.54) is 11.3 Å². The molecule has 2 heterocycles. The van der Waals surface area contributed by atoms with E-state index in [0.29, 0.717) is 30.2 Å². The molecular weight excluding hydrogens is 314 g/mol. The fraction of sp³-hybridized carbons (Fsp3) is 0.615. The lowest BCUT2D eigenvalue weighted by atomic mass is 10.0. The van der Waals surface area contributed by atoms with Crippen LogP contribution >= 0.6 is 11.3 Å². The van der Waals surface area contributed by atoms with Crippen LogP contribution in [0.25, 0.3) is 0 Å². The Morgan fingerprint density at radius 1 is 1.43 bits per heavy atom. The van der Waals surface area contributed by atoms with Gasteiger partial charge in [0.05, 0.1) is 24.0 Å². The van der Waals surface area contributed by atoms with E-state index in [1.54, 1.807) is 13.8 Å². The summed E-state index contributed by atoms with van der Waals surface area (Å²) in [6, 6.07) is 0. The first kappa shape index (κ1) is 16.3. The molecule has 6 nitrogen and oxygen atoms in total. The fourth-order valence-electron chi connectivity index (χ4n) is 2.29. The predicted molar refractivity (Wildman–Crippen MR) is 80.6 cm³/mol. The number of thiophene rings is 1. The monoisotopic (exact) mass is 333 g/mol. The van der Waals surface area contributed by atoms with Gasteiger partial charge in [0, 0.05) is 11.3 Å². The third kappa shape index (κ3) is 3.96. The molecule has 1 aliphatic heterocycles. The molecule has 0 unspecified atom stereocenters. The van der Waals surface area contributed by atoms with Gasteiger partial charge in [-0.05, 0) is 26.3 Å². The SMILES string of the molecule is Cc1c(CC(C)(C)OS(C)(=O)=O)sc2c1C(=O)NCCO2. The summed E-state index contributed by atoms with van der Waals surface area (Å²) in [6.07, 6.45) is 1.42. The van der Waals surface area contributed by atoms with Gasteiger partial charge >= 0.3 is 0 Å². The summed E-state index contributed by atoms with van der Waals surface area (Å²) < 4.78 is 33.3. The van der Waals surface area contributed by atoms with Crippen LogP contribution in [0.3, 0.4) is 0 Å². The molecule has 0 bridgehead atoms. The number of hydrogen-bond acceptors (Lipinski definition) is 6. The summed E-state index contributed by atoms with van der Waals surface area (Å²) in [7, 11) is -3.54. The second-order valence-electron chi connectivity index (χ2n) is 5.64. The zero-order chi connectivity index (χ0) is 15.8. The number of fused-ring (bicyclic) bond motifs is 1. The Morgan fingerprint density at radius 3 is 2.71 bits per heavy atom. The fourth-order valence-corrected chi connectivity index (χ4v) is 4.56. The Bertz CT molecular complexity index is 660. The largest absolute Gasteiger partial charge is 0.481 e. The van der Waals surface area contributed by atoms with Crippen molar-refractivity contribution < 1.29 is 22.1 Å². The van der Waals surface area contributed by atoms with Crippen molar-refractivity contribution in [2.24, 2.45) is 0 Å². The molecule has 1 aliphatic rings. The van der Waals surface area contributed by atoms with Crippen LogP contribution in [0.4, 0.5) is 0 Å². The first-order chi connectivity index (χ1) is 9.59. The Labute approximate surface area is 128 Å². The number of nitrogens with one attached hydrogen (secondary N) is 1. The highest BCUT2D eigenvalue weighted by Gasteiger charge is 2.30. The normalized spacial score (nSPS) is 15.9. The third-order valence-electron chi connectivity index (χ3n) is 3.02. The quantitative estimate of drug-likeness (QED) is 0.844. The molecule has 2 rings (SSSR count). The summed E-state index contributed by atoms with van der Waals surface area (Å²) in [5.74, 6) is -0.149. The average Bonchev–Trinajstić information content (AvgIpc) is 2.47. The summed E-state index contributed by atoms with van der Waals surface area (Å²) in [5, 5.41) is 3.36. The summed E-state index contributed by atoms with van der Waals surface area (Å²) in [5.41, 5.74) is 0.487. The minimum absolute atomic E-state index is 0.149. The molecule has 1 N–H and O–H groups in total. The van der Waals surface area contributed by atoms with Crippen molar-refractivity contribution in [3.05, 3.63) is 16.0 Å². The summed E-state index contributed by atoms with van der Waals surface area (Å²) in [6.45, 7) is 6.17. The van der Waals surface area contributed by atoms with Crippen LogP contribution in [0.5, 0.6) is 5.06 Å². The van der Waals surface area contributed by atoms with E-state index < -0.39 is 15.7 Å². The number of ether oxygens (including phenoxy) is 1. The van der Waals surface area contributed by atoms with Crippen molar-refractivity contribution in [1.82, 2.24) is 5.32 Å². The van der Waals surface area contributed by atoms with Gasteiger partial charge < -0.3 is 10.1 Å². The van der Waals surface area contributed by atoms with Gasteiger partial charge in [-0.2, -0.15) is 8.42 Å². The number of hydrogen-bond donors (Lipinski definition) is 1. The Hall–Kier alpha value is -1.12. The van der Waals surface area contributed by atoms with E-state index in [-0.39, 0.29) is 5.91 Å². The van der Waals surface area contributed by atoms with Crippen LogP contribution in [0, 0.1) is 6.92 Å². The van der Waals surface area contributed by atoms with Crippen molar-refractivity contribution in [2.75, 3.05) is 19.4 Å². The highest BCUT2D eigenvalue weighted by Crippen LogP contribution is 2.38. The molecule has 1 aromatic heterocycles. The smallest absolute Gasteiger partial charge is 0.264 e. The lowest BCUT2D eigenvalue weighted by Gasteiger charge is -2.23. The first-order valence-electron chi connectivity index (χ1n) is 6.53. The lowest BCUT2D eigenvalue weighted by molar-refractivity contribution is 0.0955. The van der Waals surface area contributed by atoms with Gasteiger partial charge in [-0.15, -0.1) is 11.3 Å². The van der Waals surface area contributed by atoms with E-state index in [2.05, 4.69) is 5.32 Å². The zero-order valence-electron chi connectivity index (χ0n) is 12.5. The maximum atomic E-state index is 12.0. The maximum absolute atomic E-state index is 12.0. The molecule has 0 spiro atoms. The molecule has 0 saturated carbocycles. The Balaban J connectivity index is 2.30. The molecule has 0 saturated heterocycles. The number of amides is 1. The summed E-state index contributed by atoms with van der Waals surface area (Å²) >= 11 is 1.37. The Kier molecular flexibility index (Phi) is 4.32. The van der Waals surface area contributed by atoms with Crippen LogP contribution in [0.1, 0.15) is 34.6 Å². The van der Waals surface area contributed by atoms with Gasteiger partial charge in [0.2, 0.25) is 0 Å². The summed E-state index contributed by atoms with van der Waals surface area (Å²) in [4.78, 5) is 12.9. The van der Waals surface area contributed by atoms with Crippen LogP contribution in [0.15, 0.2) is 0 Å². The van der Waals surface area contributed by atoms with E-state index in [0.717, 1.165) is 16.7 Å². The molecule has 0 aliphatic carbocycles. The van der Waals surface area contributed by atoms with Crippen LogP contribution in [-0.4, -0.2) is 39.3 Å². The molecule has 0 aromatic carbocycles. The van der Waals surface area contributed by atoms with Crippen LogP contribution in [0.2, 0.25) is 0 Å². The average molecular weight is 333 g/mol. The molecular formula is C13H19NO5S2. The number of rotatable bonds is 4. The second kappa shape index (κ2) is 5.58. The maximum Gasteiger partial charge on any atom is 0.264 e. The van der Waals surface area contributed by atoms with E-state index in [1.807, 2.05) is 6.92 Å². The highest BCUT2D eigenvalue weighted by atomic mass is 32.2. The third-order valence-corrected chi connectivity index (χ3v) is 4.98. The van der Waals surface area contributed by atoms with Crippen molar-refractivity contribution in [1.29, 1.82) is 0 Å². The zero-order valence-corrected chi connectivity index (χ0v) is 14.1. The van der Waals surface area contributed by atoms with E-state index >= 15 is 0 Å². The van der Waals surface area contributed by atoms with E-state index in [9.17, 15) is 13.2 Å². The van der Waals surface area contributed by atoms with Crippen LogP contribution < -0.4 is 10.1 Å². The minimum atomic E-state index is -3.54. The molecule has 0 atom stereocenters. The minimum Gasteiger partial charge on any atom is -0.481 e. The van der Waals surface area contributed by atoms with Crippen molar-refractivity contribution in [3.63, 3.8) is 0 Å². The van der Waals surface area contributed by atoms with Gasteiger partial charge in [0.25, 0.3) is 16.0 Å². The molecule has 118 valence electrons. The molecule has 8 heteroatoms. The van der Waals surface area contributed by atoms with Crippen molar-refractivity contribution in [3.8, 4) is 5.06 Å². The topological polar surface area (TPSA) is 81.7 Å². The standard InChI is InChI=1S/C13H19NO5S2/c1-8-9(7-13(2,3)19-21(4,16)17)20-12-10(8)11(15)14-5-6-18-12/h5-7H2,1-4H3,(H,14,15). The number of carbonyl (C=O) groups is 1. The van der Waals surface area contributed by atoms with Gasteiger partial charge in [-0.1, -0.05) is 0 Å². The van der Waals surface area contributed by atoms with Gasteiger partial charge in [-0.3, -0.25) is 8.98 Å². The molecule has 0 radical (unpaired) electrons. The molecule has 21 heavy (non-hydrogen) atoms. The van der Waals surface area contributed by atoms with Crippen molar-refractivity contribution >= 4 is 27.4 Å². The van der Waals surface area contributed by atoms with Gasteiger partial charge in [0.15, 0.2) is 5.06 Å². The predicted octanol–water partition coefficient (Wildman–Crippen LogP) is 1.48. The van der Waals surface area contributed by atoms with E-state index in [4.69, 9.17) is 8.92 Å². The van der Waals surface area contributed by atoms with Gasteiger partial charge in [-0.25, -0.2) is 0 Å². The lowest BCUT2D eigenvalue weighted by Crippen LogP contribution is -2.30. The number of carbonyl (C=O) groups excluding carboxylic acids is 1. The first-order valence-corrected chi connectivity index (χ1v) is 9.16. The van der Waals surface area contributed by atoms with Crippen LogP contribution in [-0.2, 0) is 20.7 Å². The molecule has 1 amide bonds. The van der Waals surface area contributed by atoms with Gasteiger partial charge in [0.1, 0.15) is 6.61 Å². The van der Waals surface area contributed by atoms with Crippen molar-refractivity contribution in [2.45, 2.75) is 32.8 Å². The highest BCUT2D eigenvalue weighted by molar-refractivity contribution is 7.86. The second-order valence-corrected chi connectivity index (χ2v) is 8.28. The Morgan fingerprint density at radius 2 is 2.10 bits per heavy atom.